The van der Waals surface area contributed by atoms with Crippen molar-refractivity contribution in [2.45, 2.75) is 32.7 Å². The molecule has 0 spiro atoms. The van der Waals surface area contributed by atoms with E-state index >= 15 is 0 Å². The molecule has 0 heterocycles. The smallest absolute Gasteiger partial charge is 0.321 e. The molecule has 78 valence electrons. The molecule has 3 N–H and O–H groups in total. The molecule has 0 rings (SSSR count). The van der Waals surface area contributed by atoms with Crippen LogP contribution in [0.2, 0.25) is 0 Å². The van der Waals surface area contributed by atoms with Crippen LogP contribution in [0.25, 0.3) is 0 Å². The maximum Gasteiger partial charge on any atom is 0.321 e. The third kappa shape index (κ3) is 8.12. The molecule has 0 aliphatic carbocycles. The normalized spacial score (nSPS) is 13.2. The van der Waals surface area contributed by atoms with Gasteiger partial charge in [-0.05, 0) is 18.1 Å². The van der Waals surface area contributed by atoms with E-state index in [9.17, 15) is 4.79 Å². The van der Waals surface area contributed by atoms with Gasteiger partial charge in [0.2, 0.25) is 0 Å². The second kappa shape index (κ2) is 7.21. The molecule has 0 aromatic heterocycles. The van der Waals surface area contributed by atoms with Crippen molar-refractivity contribution in [3.05, 3.63) is 0 Å². The Bertz CT molecular complexity index is 151. The number of carboxylic acid groups (broad SMARTS) is 1. The summed E-state index contributed by atoms with van der Waals surface area (Å²) in [6, 6.07) is -0.705. The van der Waals surface area contributed by atoms with Crippen molar-refractivity contribution in [1.82, 2.24) is 0 Å². The Morgan fingerprint density at radius 3 is 2.62 bits per heavy atom. The minimum Gasteiger partial charge on any atom is -0.480 e. The summed E-state index contributed by atoms with van der Waals surface area (Å²) in [5.41, 5.74) is 5.34. The zero-order valence-electron chi connectivity index (χ0n) is 8.32. The van der Waals surface area contributed by atoms with Crippen molar-refractivity contribution < 1.29 is 9.90 Å². The van der Waals surface area contributed by atoms with Gasteiger partial charge in [0.15, 0.2) is 0 Å². The molecule has 13 heavy (non-hydrogen) atoms. The van der Waals surface area contributed by atoms with Gasteiger partial charge in [-0.2, -0.15) is 11.8 Å². The van der Waals surface area contributed by atoms with Gasteiger partial charge in [-0.3, -0.25) is 4.79 Å². The predicted molar refractivity (Wildman–Crippen MR) is 57.0 cm³/mol. The Kier molecular flexibility index (Phi) is 7.09. The highest BCUT2D eigenvalue weighted by Crippen LogP contribution is 2.10. The number of thioether (sulfide) groups is 1. The summed E-state index contributed by atoms with van der Waals surface area (Å²) in [5, 5.41) is 8.49. The van der Waals surface area contributed by atoms with Gasteiger partial charge in [0.25, 0.3) is 0 Å². The quantitative estimate of drug-likeness (QED) is 0.619. The van der Waals surface area contributed by atoms with Gasteiger partial charge < -0.3 is 10.8 Å². The summed E-state index contributed by atoms with van der Waals surface area (Å²) in [6.07, 6.45) is 2.35. The molecule has 0 bridgehead atoms. The number of rotatable bonds is 7. The molecule has 0 fully saturated rings. The van der Waals surface area contributed by atoms with Crippen LogP contribution in [0.15, 0.2) is 0 Å². The van der Waals surface area contributed by atoms with Gasteiger partial charge in [-0.25, -0.2) is 0 Å². The molecule has 0 aromatic rings. The van der Waals surface area contributed by atoms with E-state index in [4.69, 9.17) is 10.8 Å². The van der Waals surface area contributed by atoms with E-state index in [1.54, 1.807) is 11.8 Å². The lowest BCUT2D eigenvalue weighted by Gasteiger charge is -2.06. The third-order valence-corrected chi connectivity index (χ3v) is 2.86. The molecule has 3 nitrogen and oxygen atoms in total. The van der Waals surface area contributed by atoms with E-state index in [1.165, 1.54) is 6.42 Å². The first-order valence-corrected chi connectivity index (χ1v) is 5.75. The van der Waals surface area contributed by atoms with E-state index in [0.29, 0.717) is 5.75 Å². The first-order chi connectivity index (χ1) is 6.04. The van der Waals surface area contributed by atoms with Crippen molar-refractivity contribution in [3.8, 4) is 0 Å². The number of nitrogens with two attached hydrogens (primary N) is 1. The molecular formula is C9H19NO2S. The van der Waals surface area contributed by atoms with Crippen molar-refractivity contribution in [2.75, 3.05) is 11.5 Å². The first kappa shape index (κ1) is 12.8. The van der Waals surface area contributed by atoms with Crippen LogP contribution in [0.4, 0.5) is 0 Å². The van der Waals surface area contributed by atoms with Gasteiger partial charge >= 0.3 is 5.97 Å². The average molecular weight is 205 g/mol. The summed E-state index contributed by atoms with van der Waals surface area (Å²) in [4.78, 5) is 10.3. The number of aliphatic carboxylic acids is 1. The Morgan fingerprint density at radius 1 is 1.54 bits per heavy atom. The highest BCUT2D eigenvalue weighted by molar-refractivity contribution is 7.99. The second-order valence-electron chi connectivity index (χ2n) is 3.56. The van der Waals surface area contributed by atoms with E-state index in [-0.39, 0.29) is 0 Å². The zero-order valence-corrected chi connectivity index (χ0v) is 9.14. The van der Waals surface area contributed by atoms with E-state index in [1.807, 2.05) is 0 Å². The Labute approximate surface area is 84.1 Å². The van der Waals surface area contributed by atoms with Gasteiger partial charge in [0, 0.05) is 5.75 Å². The summed E-state index contributed by atoms with van der Waals surface area (Å²) in [7, 11) is 0. The highest BCUT2D eigenvalue weighted by atomic mass is 32.2. The molecule has 0 radical (unpaired) electrons. The lowest BCUT2D eigenvalue weighted by molar-refractivity contribution is -0.137. The number of hydrogen-bond donors (Lipinski definition) is 2. The molecule has 0 aliphatic heterocycles. The van der Waals surface area contributed by atoms with E-state index in [0.717, 1.165) is 18.1 Å². The average Bonchev–Trinajstić information content (AvgIpc) is 2.02. The minimum absolute atomic E-state index is 0.521. The Balaban J connectivity index is 3.21. The largest absolute Gasteiger partial charge is 0.480 e. The molecule has 4 heteroatoms. The van der Waals surface area contributed by atoms with Crippen LogP contribution in [0.3, 0.4) is 0 Å². The Hall–Kier alpha value is -0.220. The van der Waals surface area contributed by atoms with Gasteiger partial charge in [-0.15, -0.1) is 0 Å². The molecule has 1 atom stereocenters. The number of carbonyl (C=O) groups is 1. The first-order valence-electron chi connectivity index (χ1n) is 4.60. The maximum atomic E-state index is 10.3. The molecular weight excluding hydrogens is 186 g/mol. The van der Waals surface area contributed by atoms with Crippen molar-refractivity contribution in [3.63, 3.8) is 0 Å². The predicted octanol–water partition coefficient (Wildman–Crippen LogP) is 1.57. The highest BCUT2D eigenvalue weighted by Gasteiger charge is 2.10. The third-order valence-electron chi connectivity index (χ3n) is 1.68. The van der Waals surface area contributed by atoms with Crippen molar-refractivity contribution in [2.24, 2.45) is 11.7 Å². The van der Waals surface area contributed by atoms with E-state index in [2.05, 4.69) is 13.8 Å². The molecule has 0 aliphatic rings. The van der Waals surface area contributed by atoms with Crippen LogP contribution in [0.5, 0.6) is 0 Å². The molecule has 0 saturated carbocycles. The van der Waals surface area contributed by atoms with Gasteiger partial charge in [0.05, 0.1) is 0 Å². The lowest BCUT2D eigenvalue weighted by Crippen LogP contribution is -2.32. The molecule has 0 aromatic carbocycles. The summed E-state index contributed by atoms with van der Waals surface area (Å²) in [6.45, 7) is 4.38. The Morgan fingerprint density at radius 2 is 2.15 bits per heavy atom. The SMILES string of the molecule is CC(C)CCCSC[C@H](N)C(=O)O. The van der Waals surface area contributed by atoms with Crippen LogP contribution in [0.1, 0.15) is 26.7 Å². The van der Waals surface area contributed by atoms with Crippen LogP contribution in [-0.2, 0) is 4.79 Å². The summed E-state index contributed by atoms with van der Waals surface area (Å²) >= 11 is 1.63. The summed E-state index contributed by atoms with van der Waals surface area (Å²) < 4.78 is 0. The molecule has 0 amide bonds. The van der Waals surface area contributed by atoms with Crippen LogP contribution in [-0.4, -0.2) is 28.6 Å². The van der Waals surface area contributed by atoms with Crippen molar-refractivity contribution >= 4 is 17.7 Å². The number of carboxylic acids is 1. The monoisotopic (exact) mass is 205 g/mol. The van der Waals surface area contributed by atoms with Gasteiger partial charge in [-0.1, -0.05) is 20.3 Å². The maximum absolute atomic E-state index is 10.3. The van der Waals surface area contributed by atoms with Crippen molar-refractivity contribution in [1.29, 1.82) is 0 Å². The zero-order chi connectivity index (χ0) is 10.3. The van der Waals surface area contributed by atoms with Crippen LogP contribution in [0, 0.1) is 5.92 Å². The van der Waals surface area contributed by atoms with Gasteiger partial charge in [0.1, 0.15) is 6.04 Å². The fourth-order valence-electron chi connectivity index (χ4n) is 0.875. The molecule has 0 saturated heterocycles. The molecule has 0 unspecified atom stereocenters. The fraction of sp³-hybridized carbons (Fsp3) is 0.889. The summed E-state index contributed by atoms with van der Waals surface area (Å²) in [5.74, 6) is 1.36. The topological polar surface area (TPSA) is 63.3 Å². The standard InChI is InChI=1S/C9H19NO2S/c1-7(2)4-3-5-13-6-8(10)9(11)12/h7-8H,3-6,10H2,1-2H3,(H,11,12)/t8-/m0/s1. The fourth-order valence-corrected chi connectivity index (χ4v) is 1.81. The second-order valence-corrected chi connectivity index (χ2v) is 4.71. The van der Waals surface area contributed by atoms with Crippen LogP contribution >= 0.6 is 11.8 Å². The minimum atomic E-state index is -0.906. The number of hydrogen-bond acceptors (Lipinski definition) is 3. The lowest BCUT2D eigenvalue weighted by atomic mass is 10.1. The van der Waals surface area contributed by atoms with Crippen LogP contribution < -0.4 is 5.73 Å². The van der Waals surface area contributed by atoms with E-state index < -0.39 is 12.0 Å².